The molecule has 3 aromatic carbocycles. The number of carbonyl (C=O) groups is 3. The Bertz CT molecular complexity index is 1170. The number of esters is 1. The molecule has 0 aliphatic heterocycles. The fraction of sp³-hybridized carbons (Fsp3) is 0.0870. The van der Waals surface area contributed by atoms with Crippen molar-refractivity contribution < 1.29 is 28.2 Å². The Balaban J connectivity index is 1.56. The predicted molar refractivity (Wildman–Crippen MR) is 122 cm³/mol. The molecule has 170 valence electrons. The topological polar surface area (TPSA) is 93.7 Å². The number of rotatable bonds is 8. The molecule has 0 unspecified atom stereocenters. The quantitative estimate of drug-likeness (QED) is 0.436. The maximum atomic E-state index is 13.7. The van der Waals surface area contributed by atoms with Gasteiger partial charge in [0.05, 0.1) is 21.4 Å². The number of hydrogen-bond acceptors (Lipinski definition) is 5. The number of carbonyl (C=O) groups excluding carboxylic acids is 3. The minimum atomic E-state index is -0.847. The second kappa shape index (κ2) is 11.3. The largest absolute Gasteiger partial charge is 0.483 e. The number of para-hydroxylation sites is 3. The first-order valence-electron chi connectivity index (χ1n) is 9.52. The minimum Gasteiger partial charge on any atom is -0.483 e. The molecule has 0 radical (unpaired) electrons. The van der Waals surface area contributed by atoms with Crippen LogP contribution in [0.3, 0.4) is 0 Å². The van der Waals surface area contributed by atoms with Crippen molar-refractivity contribution >= 4 is 52.4 Å². The molecule has 0 saturated carbocycles. The maximum Gasteiger partial charge on any atom is 0.342 e. The zero-order chi connectivity index (χ0) is 23.8. The third-order valence-corrected chi connectivity index (χ3v) is 4.81. The molecule has 0 heterocycles. The average molecular weight is 491 g/mol. The van der Waals surface area contributed by atoms with E-state index in [2.05, 4.69) is 10.6 Å². The Kier molecular flexibility index (Phi) is 8.23. The molecule has 33 heavy (non-hydrogen) atoms. The fourth-order valence-corrected chi connectivity index (χ4v) is 3.15. The summed E-state index contributed by atoms with van der Waals surface area (Å²) in [5.41, 5.74) is 0.203. The summed E-state index contributed by atoms with van der Waals surface area (Å²) < 4.78 is 24.1. The standard InChI is InChI=1S/C23H17Cl2FN2O5/c24-15-7-5-8-16(25)22(15)28-21(30)13-33-23(31)14-6-1-4-11-19(14)32-12-20(29)27-18-10-3-2-9-17(18)26/h1-11H,12-13H2,(H,27,29)(H,28,30). The van der Waals surface area contributed by atoms with E-state index in [4.69, 9.17) is 32.7 Å². The van der Waals surface area contributed by atoms with Gasteiger partial charge in [0.1, 0.15) is 17.1 Å². The van der Waals surface area contributed by atoms with Crippen LogP contribution in [0.1, 0.15) is 10.4 Å². The molecule has 7 nitrogen and oxygen atoms in total. The van der Waals surface area contributed by atoms with Crippen LogP contribution in [0.4, 0.5) is 15.8 Å². The Morgan fingerprint density at radius 1 is 0.788 bits per heavy atom. The van der Waals surface area contributed by atoms with Gasteiger partial charge in [-0.1, -0.05) is 53.5 Å². The van der Waals surface area contributed by atoms with E-state index in [0.29, 0.717) is 0 Å². The molecule has 0 spiro atoms. The van der Waals surface area contributed by atoms with Gasteiger partial charge in [-0.25, -0.2) is 9.18 Å². The zero-order valence-corrected chi connectivity index (χ0v) is 18.5. The number of ether oxygens (including phenoxy) is 2. The second-order valence-corrected chi connectivity index (χ2v) is 7.35. The van der Waals surface area contributed by atoms with Crippen molar-refractivity contribution in [3.05, 3.63) is 88.2 Å². The molecule has 2 N–H and O–H groups in total. The van der Waals surface area contributed by atoms with Gasteiger partial charge in [-0.2, -0.15) is 0 Å². The summed E-state index contributed by atoms with van der Waals surface area (Å²) in [6, 6.07) is 16.4. The summed E-state index contributed by atoms with van der Waals surface area (Å²) in [5.74, 6) is -2.66. The van der Waals surface area contributed by atoms with Crippen LogP contribution in [0.15, 0.2) is 66.7 Å². The monoisotopic (exact) mass is 490 g/mol. The number of halogens is 3. The predicted octanol–water partition coefficient (Wildman–Crippen LogP) is 4.95. The van der Waals surface area contributed by atoms with Crippen molar-refractivity contribution in [2.45, 2.75) is 0 Å². The zero-order valence-electron chi connectivity index (χ0n) is 16.9. The third-order valence-electron chi connectivity index (χ3n) is 4.18. The molecule has 2 amide bonds. The Morgan fingerprint density at radius 2 is 1.42 bits per heavy atom. The van der Waals surface area contributed by atoms with Crippen molar-refractivity contribution in [2.75, 3.05) is 23.8 Å². The molecule has 0 aliphatic rings. The van der Waals surface area contributed by atoms with Crippen molar-refractivity contribution in [1.29, 1.82) is 0 Å². The lowest BCUT2D eigenvalue weighted by molar-refractivity contribution is -0.119. The highest BCUT2D eigenvalue weighted by Crippen LogP contribution is 2.29. The van der Waals surface area contributed by atoms with E-state index in [-0.39, 0.29) is 32.7 Å². The highest BCUT2D eigenvalue weighted by Gasteiger charge is 2.17. The van der Waals surface area contributed by atoms with Crippen molar-refractivity contribution in [3.8, 4) is 5.75 Å². The lowest BCUT2D eigenvalue weighted by Gasteiger charge is -2.12. The lowest BCUT2D eigenvalue weighted by atomic mass is 10.2. The summed E-state index contributed by atoms with van der Waals surface area (Å²) in [7, 11) is 0. The normalized spacial score (nSPS) is 10.3. The van der Waals surface area contributed by atoms with Crippen LogP contribution < -0.4 is 15.4 Å². The van der Waals surface area contributed by atoms with Crippen LogP contribution in [0.25, 0.3) is 0 Å². The number of amides is 2. The SMILES string of the molecule is O=C(COc1ccccc1C(=O)OCC(=O)Nc1c(Cl)cccc1Cl)Nc1ccccc1F. The van der Waals surface area contributed by atoms with Gasteiger partial charge in [-0.15, -0.1) is 0 Å². The highest BCUT2D eigenvalue weighted by atomic mass is 35.5. The number of nitrogens with one attached hydrogen (secondary N) is 2. The summed E-state index contributed by atoms with van der Waals surface area (Å²) in [6.07, 6.45) is 0. The van der Waals surface area contributed by atoms with Gasteiger partial charge in [0.15, 0.2) is 13.2 Å². The highest BCUT2D eigenvalue weighted by molar-refractivity contribution is 6.39. The van der Waals surface area contributed by atoms with Crippen LogP contribution in [0.5, 0.6) is 5.75 Å². The molecule has 0 aromatic heterocycles. The third kappa shape index (κ3) is 6.68. The van der Waals surface area contributed by atoms with Gasteiger partial charge in [-0.05, 0) is 36.4 Å². The molecule has 0 atom stereocenters. The van der Waals surface area contributed by atoms with Crippen LogP contribution in [0.2, 0.25) is 10.0 Å². The summed E-state index contributed by atoms with van der Waals surface area (Å²) in [4.78, 5) is 36.7. The van der Waals surface area contributed by atoms with Gasteiger partial charge in [0.2, 0.25) is 0 Å². The molecule has 10 heteroatoms. The molecular weight excluding hydrogens is 474 g/mol. The second-order valence-electron chi connectivity index (χ2n) is 6.53. The van der Waals surface area contributed by atoms with Crippen LogP contribution >= 0.6 is 23.2 Å². The Labute approximate surface area is 198 Å². The summed E-state index contributed by atoms with van der Waals surface area (Å²) in [6.45, 7) is -1.09. The van der Waals surface area contributed by atoms with E-state index < -0.39 is 36.8 Å². The van der Waals surface area contributed by atoms with Crippen LogP contribution in [0, 0.1) is 5.82 Å². The van der Waals surface area contributed by atoms with E-state index in [1.54, 1.807) is 36.4 Å². The summed E-state index contributed by atoms with van der Waals surface area (Å²) >= 11 is 12.0. The van der Waals surface area contributed by atoms with E-state index in [1.807, 2.05) is 0 Å². The average Bonchev–Trinajstić information content (AvgIpc) is 2.80. The van der Waals surface area contributed by atoms with Gasteiger partial charge in [-0.3, -0.25) is 9.59 Å². The van der Waals surface area contributed by atoms with Gasteiger partial charge >= 0.3 is 5.97 Å². The number of hydrogen-bond donors (Lipinski definition) is 2. The van der Waals surface area contributed by atoms with Gasteiger partial charge in [0, 0.05) is 0 Å². The first kappa shape index (κ1) is 24.0. The molecule has 3 rings (SSSR count). The van der Waals surface area contributed by atoms with Crippen molar-refractivity contribution in [3.63, 3.8) is 0 Å². The maximum absolute atomic E-state index is 13.7. The first-order chi connectivity index (χ1) is 15.8. The molecular formula is C23H17Cl2FN2O5. The number of anilines is 2. The van der Waals surface area contributed by atoms with Crippen molar-refractivity contribution in [2.24, 2.45) is 0 Å². The fourth-order valence-electron chi connectivity index (χ4n) is 2.65. The molecule has 0 fully saturated rings. The summed E-state index contributed by atoms with van der Waals surface area (Å²) in [5, 5.41) is 5.31. The minimum absolute atomic E-state index is 0.000215. The van der Waals surface area contributed by atoms with Crippen molar-refractivity contribution in [1.82, 2.24) is 0 Å². The van der Waals surface area contributed by atoms with Crippen LogP contribution in [-0.2, 0) is 14.3 Å². The smallest absolute Gasteiger partial charge is 0.342 e. The Morgan fingerprint density at radius 3 is 2.15 bits per heavy atom. The number of benzene rings is 3. The van der Waals surface area contributed by atoms with Gasteiger partial charge in [0.25, 0.3) is 11.8 Å². The van der Waals surface area contributed by atoms with E-state index in [0.717, 1.165) is 0 Å². The van der Waals surface area contributed by atoms with E-state index in [1.165, 1.54) is 30.3 Å². The first-order valence-corrected chi connectivity index (χ1v) is 10.3. The molecule has 0 aliphatic carbocycles. The van der Waals surface area contributed by atoms with Crippen LogP contribution in [-0.4, -0.2) is 31.0 Å². The molecule has 3 aromatic rings. The van der Waals surface area contributed by atoms with Gasteiger partial charge < -0.3 is 20.1 Å². The van der Waals surface area contributed by atoms with E-state index >= 15 is 0 Å². The molecule has 0 saturated heterocycles. The Hall–Kier alpha value is -3.62. The van der Waals surface area contributed by atoms with E-state index in [9.17, 15) is 18.8 Å². The lowest BCUT2D eigenvalue weighted by Crippen LogP contribution is -2.23. The molecule has 0 bridgehead atoms.